The van der Waals surface area contributed by atoms with E-state index in [-0.39, 0.29) is 23.8 Å². The van der Waals surface area contributed by atoms with Crippen molar-refractivity contribution in [2.75, 3.05) is 20.3 Å². The summed E-state index contributed by atoms with van der Waals surface area (Å²) in [7, 11) is 1.40. The summed E-state index contributed by atoms with van der Waals surface area (Å²) in [5.41, 5.74) is -0.260. The standard InChI is InChI=1S/C13H15ClFNO4/c1-16(9-5-20-6-10(17)12(9)18)13(19)11-7(14)3-2-4-8(11)15/h2-4,9-10,12,17-18H,5-6H2,1H3/t9-,10-,12+/m1/s1. The summed E-state index contributed by atoms with van der Waals surface area (Å²) in [5.74, 6) is -1.41. The predicted octanol–water partition coefficient (Wildman–Crippen LogP) is 0.672. The van der Waals surface area contributed by atoms with Gasteiger partial charge in [0.1, 0.15) is 18.0 Å². The lowest BCUT2D eigenvalue weighted by Gasteiger charge is -2.37. The van der Waals surface area contributed by atoms with Gasteiger partial charge in [0.05, 0.1) is 29.8 Å². The van der Waals surface area contributed by atoms with Crippen LogP contribution >= 0.6 is 11.6 Å². The summed E-state index contributed by atoms with van der Waals surface area (Å²) < 4.78 is 18.8. The first kappa shape index (κ1) is 15.2. The summed E-state index contributed by atoms with van der Waals surface area (Å²) in [6, 6.07) is 3.18. The molecule has 20 heavy (non-hydrogen) atoms. The molecule has 0 saturated carbocycles. The van der Waals surface area contributed by atoms with E-state index in [1.807, 2.05) is 0 Å². The SMILES string of the molecule is CN(C(=O)c1c(F)cccc1Cl)[C@@H]1COC[C@@H](O)[C@H]1O. The fourth-order valence-electron chi connectivity index (χ4n) is 2.13. The Balaban J connectivity index is 2.24. The van der Waals surface area contributed by atoms with E-state index in [0.717, 1.165) is 11.0 Å². The number of hydrogen-bond donors (Lipinski definition) is 2. The lowest BCUT2D eigenvalue weighted by Crippen LogP contribution is -2.56. The zero-order valence-electron chi connectivity index (χ0n) is 10.8. The average Bonchev–Trinajstić information content (AvgIpc) is 2.41. The van der Waals surface area contributed by atoms with E-state index in [1.165, 1.54) is 19.2 Å². The fourth-order valence-corrected chi connectivity index (χ4v) is 2.38. The Morgan fingerprint density at radius 1 is 1.45 bits per heavy atom. The van der Waals surface area contributed by atoms with Gasteiger partial charge in [-0.25, -0.2) is 4.39 Å². The minimum Gasteiger partial charge on any atom is -0.388 e. The summed E-state index contributed by atoms with van der Waals surface area (Å²) in [4.78, 5) is 13.4. The molecule has 1 heterocycles. The van der Waals surface area contributed by atoms with Crippen LogP contribution in [0.4, 0.5) is 4.39 Å². The van der Waals surface area contributed by atoms with Gasteiger partial charge >= 0.3 is 0 Å². The van der Waals surface area contributed by atoms with Crippen LogP contribution in [0, 0.1) is 5.82 Å². The fraction of sp³-hybridized carbons (Fsp3) is 0.462. The van der Waals surface area contributed by atoms with Crippen molar-refractivity contribution in [3.8, 4) is 0 Å². The molecule has 5 nitrogen and oxygen atoms in total. The van der Waals surface area contributed by atoms with Gasteiger partial charge in [0, 0.05) is 7.05 Å². The van der Waals surface area contributed by atoms with Crippen molar-refractivity contribution in [2.45, 2.75) is 18.2 Å². The van der Waals surface area contributed by atoms with E-state index in [1.54, 1.807) is 0 Å². The Hall–Kier alpha value is -1.21. The van der Waals surface area contributed by atoms with Crippen molar-refractivity contribution in [1.29, 1.82) is 0 Å². The Morgan fingerprint density at radius 3 is 2.80 bits per heavy atom. The summed E-state index contributed by atoms with van der Waals surface area (Å²) in [6.07, 6.45) is -2.23. The molecule has 1 aliphatic heterocycles. The Kier molecular flexibility index (Phi) is 4.59. The first-order valence-electron chi connectivity index (χ1n) is 6.08. The number of carbonyl (C=O) groups excluding carboxylic acids is 1. The molecule has 7 heteroatoms. The molecule has 110 valence electrons. The molecular formula is C13H15ClFNO4. The van der Waals surface area contributed by atoms with E-state index >= 15 is 0 Å². The van der Waals surface area contributed by atoms with Crippen LogP contribution in [0.2, 0.25) is 5.02 Å². The number of benzene rings is 1. The zero-order valence-corrected chi connectivity index (χ0v) is 11.5. The highest BCUT2D eigenvalue weighted by Crippen LogP contribution is 2.23. The first-order valence-corrected chi connectivity index (χ1v) is 6.46. The smallest absolute Gasteiger partial charge is 0.258 e. The molecule has 1 aromatic carbocycles. The monoisotopic (exact) mass is 303 g/mol. The molecule has 0 aromatic heterocycles. The zero-order chi connectivity index (χ0) is 14.9. The molecule has 0 spiro atoms. The molecule has 0 radical (unpaired) electrons. The second kappa shape index (κ2) is 6.05. The van der Waals surface area contributed by atoms with Crippen molar-refractivity contribution in [3.63, 3.8) is 0 Å². The number of rotatable bonds is 2. The average molecular weight is 304 g/mol. The topological polar surface area (TPSA) is 70.0 Å². The molecule has 1 amide bonds. The lowest BCUT2D eigenvalue weighted by atomic mass is 10.0. The Labute approximate surface area is 120 Å². The molecule has 2 rings (SSSR count). The van der Waals surface area contributed by atoms with Crippen molar-refractivity contribution in [2.24, 2.45) is 0 Å². The van der Waals surface area contributed by atoms with Gasteiger partial charge in [0.2, 0.25) is 0 Å². The van der Waals surface area contributed by atoms with Gasteiger partial charge in [0.25, 0.3) is 5.91 Å². The molecule has 0 bridgehead atoms. The lowest BCUT2D eigenvalue weighted by molar-refractivity contribution is -0.122. The van der Waals surface area contributed by atoms with Crippen molar-refractivity contribution >= 4 is 17.5 Å². The minimum absolute atomic E-state index is 0.000150. The number of halogens is 2. The number of hydrogen-bond acceptors (Lipinski definition) is 4. The highest BCUT2D eigenvalue weighted by molar-refractivity contribution is 6.33. The van der Waals surface area contributed by atoms with Crippen molar-refractivity contribution in [3.05, 3.63) is 34.6 Å². The van der Waals surface area contributed by atoms with Gasteiger partial charge in [-0.3, -0.25) is 4.79 Å². The van der Waals surface area contributed by atoms with E-state index in [2.05, 4.69) is 0 Å². The highest BCUT2D eigenvalue weighted by atomic mass is 35.5. The van der Waals surface area contributed by atoms with Gasteiger partial charge in [-0.15, -0.1) is 0 Å². The maximum absolute atomic E-state index is 13.7. The number of aliphatic hydroxyl groups is 2. The molecule has 1 aliphatic rings. The van der Waals surface area contributed by atoms with Crippen LogP contribution in [-0.4, -0.2) is 59.5 Å². The molecule has 1 fully saturated rings. The van der Waals surface area contributed by atoms with Crippen LogP contribution in [-0.2, 0) is 4.74 Å². The number of aliphatic hydroxyl groups excluding tert-OH is 2. The third-order valence-corrected chi connectivity index (χ3v) is 3.68. The molecule has 2 N–H and O–H groups in total. The van der Waals surface area contributed by atoms with Crippen LogP contribution in [0.3, 0.4) is 0 Å². The second-order valence-electron chi connectivity index (χ2n) is 4.68. The van der Waals surface area contributed by atoms with Crippen molar-refractivity contribution < 1.29 is 24.1 Å². The third kappa shape index (κ3) is 2.78. The second-order valence-corrected chi connectivity index (χ2v) is 5.08. The molecule has 3 atom stereocenters. The van der Waals surface area contributed by atoms with E-state index in [9.17, 15) is 19.4 Å². The van der Waals surface area contributed by atoms with E-state index < -0.39 is 30.0 Å². The highest BCUT2D eigenvalue weighted by Gasteiger charge is 2.37. The number of nitrogens with zero attached hydrogens (tertiary/aromatic N) is 1. The quantitative estimate of drug-likeness (QED) is 0.842. The maximum Gasteiger partial charge on any atom is 0.258 e. The van der Waals surface area contributed by atoms with Gasteiger partial charge in [0.15, 0.2) is 0 Å². The molecule has 1 aromatic rings. The van der Waals surface area contributed by atoms with Crippen LogP contribution in [0.5, 0.6) is 0 Å². The first-order chi connectivity index (χ1) is 9.43. The van der Waals surface area contributed by atoms with Gasteiger partial charge in [-0.1, -0.05) is 17.7 Å². The van der Waals surface area contributed by atoms with Gasteiger partial charge < -0.3 is 19.8 Å². The minimum atomic E-state index is -1.15. The van der Waals surface area contributed by atoms with Gasteiger partial charge in [-0.05, 0) is 12.1 Å². The molecule has 0 aliphatic carbocycles. The number of amides is 1. The van der Waals surface area contributed by atoms with Crippen LogP contribution in [0.15, 0.2) is 18.2 Å². The summed E-state index contributed by atoms with van der Waals surface area (Å²) in [5, 5.41) is 19.4. The molecule has 1 saturated heterocycles. The Morgan fingerprint density at radius 2 is 2.15 bits per heavy atom. The summed E-state index contributed by atoms with van der Waals surface area (Å²) >= 11 is 5.84. The van der Waals surface area contributed by atoms with Crippen LogP contribution in [0.25, 0.3) is 0 Å². The van der Waals surface area contributed by atoms with Crippen LogP contribution in [0.1, 0.15) is 10.4 Å². The number of likely N-dealkylation sites (N-methyl/N-ethyl adjacent to an activating group) is 1. The van der Waals surface area contributed by atoms with Gasteiger partial charge in [-0.2, -0.15) is 0 Å². The Bertz CT molecular complexity index is 493. The van der Waals surface area contributed by atoms with E-state index in [0.29, 0.717) is 0 Å². The van der Waals surface area contributed by atoms with Crippen molar-refractivity contribution in [1.82, 2.24) is 4.90 Å². The maximum atomic E-state index is 13.7. The predicted molar refractivity (Wildman–Crippen MR) is 70.1 cm³/mol. The number of carbonyl (C=O) groups is 1. The number of ether oxygens (including phenoxy) is 1. The van der Waals surface area contributed by atoms with Crippen LogP contribution < -0.4 is 0 Å². The summed E-state index contributed by atoms with van der Waals surface area (Å²) in [6.45, 7) is 0.0622. The molecule has 0 unspecified atom stereocenters. The third-order valence-electron chi connectivity index (χ3n) is 3.36. The molecular weight excluding hydrogens is 289 g/mol. The largest absolute Gasteiger partial charge is 0.388 e. The van der Waals surface area contributed by atoms with E-state index in [4.69, 9.17) is 16.3 Å². The normalized spacial score (nSPS) is 26.4.